The first kappa shape index (κ1) is 15.4. The van der Waals surface area contributed by atoms with E-state index in [0.29, 0.717) is 11.3 Å². The van der Waals surface area contributed by atoms with Gasteiger partial charge in [-0.25, -0.2) is 0 Å². The van der Waals surface area contributed by atoms with Crippen LogP contribution >= 0.6 is 23.5 Å². The molecule has 0 saturated carbocycles. The first-order valence-electron chi connectivity index (χ1n) is 5.07. The molecule has 0 atom stereocenters. The van der Waals surface area contributed by atoms with Crippen molar-refractivity contribution in [3.05, 3.63) is 28.2 Å². The van der Waals surface area contributed by atoms with Gasteiger partial charge in [0.15, 0.2) is 0 Å². The average molecular weight is 337 g/mol. The van der Waals surface area contributed by atoms with Crippen LogP contribution in [-0.2, 0) is 24.6 Å². The number of halogens is 1. The minimum Gasteiger partial charge on any atom is -0.426 e. The molecule has 7 heteroatoms. The van der Waals surface area contributed by atoms with Crippen LogP contribution in [0.25, 0.3) is 0 Å². The summed E-state index contributed by atoms with van der Waals surface area (Å²) in [6.07, 6.45) is 0.0298. The van der Waals surface area contributed by atoms with Gasteiger partial charge in [0.1, 0.15) is 5.75 Å². The van der Waals surface area contributed by atoms with Crippen molar-refractivity contribution in [2.24, 2.45) is 0 Å². The summed E-state index contributed by atoms with van der Waals surface area (Å²) in [5.41, 5.74) is 0.576. The molecule has 18 heavy (non-hydrogen) atoms. The van der Waals surface area contributed by atoms with E-state index in [2.05, 4.69) is 15.9 Å². The summed E-state index contributed by atoms with van der Waals surface area (Å²) in [5, 5.41) is 0. The minimum absolute atomic E-state index is 0.0298. The lowest BCUT2D eigenvalue weighted by atomic mass is 10.2. The Morgan fingerprint density at radius 1 is 1.33 bits per heavy atom. The summed E-state index contributed by atoms with van der Waals surface area (Å²) < 4.78 is 27.6. The van der Waals surface area contributed by atoms with Crippen molar-refractivity contribution in [1.82, 2.24) is 0 Å². The molecule has 0 N–H and O–H groups in total. The second-order valence-electron chi connectivity index (χ2n) is 3.48. The maximum atomic E-state index is 12.1. The van der Waals surface area contributed by atoms with E-state index in [1.54, 1.807) is 18.2 Å². The molecule has 0 spiro atoms. The van der Waals surface area contributed by atoms with Gasteiger partial charge in [0.2, 0.25) is 0 Å². The van der Waals surface area contributed by atoms with Gasteiger partial charge in [-0.3, -0.25) is 9.36 Å². The number of hydrogen-bond donors (Lipinski definition) is 0. The summed E-state index contributed by atoms with van der Waals surface area (Å²) in [6, 6.07) is 5.06. The van der Waals surface area contributed by atoms with E-state index >= 15 is 0 Å². The van der Waals surface area contributed by atoms with Gasteiger partial charge in [-0.15, -0.1) is 0 Å². The van der Waals surface area contributed by atoms with Gasteiger partial charge in [0.05, 0.1) is 6.16 Å². The third-order valence-electron chi connectivity index (χ3n) is 2.20. The molecule has 0 saturated heterocycles. The maximum absolute atomic E-state index is 12.1. The highest BCUT2D eigenvalue weighted by molar-refractivity contribution is 9.10. The molecule has 0 aliphatic rings. The average Bonchev–Trinajstić information content (AvgIpc) is 2.32. The molecule has 0 bridgehead atoms. The molecular weight excluding hydrogens is 323 g/mol. The minimum atomic E-state index is -3.21. The Morgan fingerprint density at radius 3 is 2.44 bits per heavy atom. The number of hydrogen-bond acceptors (Lipinski definition) is 5. The summed E-state index contributed by atoms with van der Waals surface area (Å²) in [6.45, 7) is 1.30. The molecule has 0 unspecified atom stereocenters. The second-order valence-corrected chi connectivity index (χ2v) is 6.66. The standard InChI is InChI=1S/C11H14BrO5P/c1-8(13)17-11-5-4-10(12)6-9(11)7-18(14,15-2)16-3/h4-6H,7H2,1-3H3. The largest absolute Gasteiger partial charge is 0.426 e. The Morgan fingerprint density at radius 2 is 1.94 bits per heavy atom. The smallest absolute Gasteiger partial charge is 0.334 e. The first-order valence-corrected chi connectivity index (χ1v) is 7.59. The summed E-state index contributed by atoms with van der Waals surface area (Å²) in [5.74, 6) is -0.0942. The molecule has 0 amide bonds. The lowest BCUT2D eigenvalue weighted by Crippen LogP contribution is -2.05. The van der Waals surface area contributed by atoms with Crippen molar-refractivity contribution >= 4 is 29.5 Å². The Hall–Kier alpha value is -0.680. The summed E-state index contributed by atoms with van der Waals surface area (Å²) in [7, 11) is -0.579. The van der Waals surface area contributed by atoms with E-state index in [1.807, 2.05) is 0 Å². The second kappa shape index (κ2) is 6.48. The van der Waals surface area contributed by atoms with Crippen molar-refractivity contribution in [2.45, 2.75) is 13.1 Å². The Kier molecular flexibility index (Phi) is 5.53. The fraction of sp³-hybridized carbons (Fsp3) is 0.364. The van der Waals surface area contributed by atoms with Crippen molar-refractivity contribution in [2.75, 3.05) is 14.2 Å². The maximum Gasteiger partial charge on any atom is 0.334 e. The van der Waals surface area contributed by atoms with Gasteiger partial charge in [-0.1, -0.05) is 15.9 Å². The fourth-order valence-electron chi connectivity index (χ4n) is 1.34. The Labute approximate surface area is 114 Å². The van der Waals surface area contributed by atoms with E-state index in [-0.39, 0.29) is 6.16 Å². The highest BCUT2D eigenvalue weighted by atomic mass is 79.9. The van der Waals surface area contributed by atoms with Crippen molar-refractivity contribution in [3.8, 4) is 5.75 Å². The van der Waals surface area contributed by atoms with Crippen LogP contribution in [0.3, 0.4) is 0 Å². The van der Waals surface area contributed by atoms with E-state index in [0.717, 1.165) is 4.47 Å². The lowest BCUT2D eigenvalue weighted by Gasteiger charge is -2.15. The number of carbonyl (C=O) groups is 1. The highest BCUT2D eigenvalue weighted by Crippen LogP contribution is 2.51. The number of esters is 1. The predicted octanol–water partition coefficient (Wildman–Crippen LogP) is 3.36. The molecule has 0 fully saturated rings. The van der Waals surface area contributed by atoms with Crippen LogP contribution in [0.4, 0.5) is 0 Å². The van der Waals surface area contributed by atoms with E-state index in [9.17, 15) is 9.36 Å². The van der Waals surface area contributed by atoms with Gasteiger partial charge < -0.3 is 13.8 Å². The predicted molar refractivity (Wildman–Crippen MR) is 70.8 cm³/mol. The zero-order valence-electron chi connectivity index (χ0n) is 10.3. The first-order chi connectivity index (χ1) is 8.40. The number of benzene rings is 1. The SMILES string of the molecule is COP(=O)(Cc1cc(Br)ccc1OC(C)=O)OC. The molecule has 5 nitrogen and oxygen atoms in total. The number of rotatable bonds is 5. The summed E-state index contributed by atoms with van der Waals surface area (Å²) in [4.78, 5) is 11.0. The highest BCUT2D eigenvalue weighted by Gasteiger charge is 2.24. The molecule has 1 aromatic rings. The zero-order chi connectivity index (χ0) is 13.8. The van der Waals surface area contributed by atoms with Crippen molar-refractivity contribution < 1.29 is 23.1 Å². The monoisotopic (exact) mass is 336 g/mol. The van der Waals surface area contributed by atoms with Crippen molar-refractivity contribution in [3.63, 3.8) is 0 Å². The van der Waals surface area contributed by atoms with E-state index in [1.165, 1.54) is 21.1 Å². The molecule has 1 aromatic carbocycles. The number of carbonyl (C=O) groups excluding carboxylic acids is 1. The summed E-state index contributed by atoms with van der Waals surface area (Å²) >= 11 is 3.30. The molecule has 1 rings (SSSR count). The van der Waals surface area contributed by atoms with Crippen LogP contribution in [0, 0.1) is 0 Å². The Balaban J connectivity index is 3.09. The zero-order valence-corrected chi connectivity index (χ0v) is 12.8. The van der Waals surface area contributed by atoms with Crippen LogP contribution in [-0.4, -0.2) is 20.2 Å². The van der Waals surface area contributed by atoms with Gasteiger partial charge >= 0.3 is 13.6 Å². The lowest BCUT2D eigenvalue weighted by molar-refractivity contribution is -0.131. The topological polar surface area (TPSA) is 61.8 Å². The van der Waals surface area contributed by atoms with Crippen LogP contribution in [0.15, 0.2) is 22.7 Å². The van der Waals surface area contributed by atoms with Crippen LogP contribution < -0.4 is 4.74 Å². The molecule has 0 aliphatic heterocycles. The molecular formula is C11H14BrO5P. The molecule has 0 heterocycles. The fourth-order valence-corrected chi connectivity index (χ4v) is 2.82. The third-order valence-corrected chi connectivity index (χ3v) is 4.53. The molecule has 0 aliphatic carbocycles. The van der Waals surface area contributed by atoms with Gasteiger partial charge in [0, 0.05) is 31.2 Å². The van der Waals surface area contributed by atoms with Crippen LogP contribution in [0.2, 0.25) is 0 Å². The molecule has 100 valence electrons. The van der Waals surface area contributed by atoms with E-state index < -0.39 is 13.6 Å². The molecule has 0 radical (unpaired) electrons. The van der Waals surface area contributed by atoms with Crippen molar-refractivity contribution in [1.29, 1.82) is 0 Å². The quantitative estimate of drug-likeness (QED) is 0.468. The number of ether oxygens (including phenoxy) is 1. The normalized spacial score (nSPS) is 11.3. The third kappa shape index (κ3) is 4.21. The Bertz CT molecular complexity index is 480. The van der Waals surface area contributed by atoms with Gasteiger partial charge in [0.25, 0.3) is 0 Å². The molecule has 0 aromatic heterocycles. The van der Waals surface area contributed by atoms with Gasteiger partial charge in [-0.2, -0.15) is 0 Å². The van der Waals surface area contributed by atoms with Crippen LogP contribution in [0.5, 0.6) is 5.75 Å². The van der Waals surface area contributed by atoms with Crippen LogP contribution in [0.1, 0.15) is 12.5 Å². The van der Waals surface area contributed by atoms with Gasteiger partial charge in [-0.05, 0) is 18.2 Å². The van der Waals surface area contributed by atoms with E-state index in [4.69, 9.17) is 13.8 Å².